The molecule has 0 aliphatic carbocycles. The van der Waals surface area contributed by atoms with Gasteiger partial charge in [-0.15, -0.1) is 5.10 Å². The molecule has 100 valence electrons. The lowest BCUT2D eigenvalue weighted by atomic mass is 10.2. The van der Waals surface area contributed by atoms with Crippen LogP contribution in [0.2, 0.25) is 0 Å². The number of allylic oxidation sites excluding steroid dienone is 1. The van der Waals surface area contributed by atoms with Gasteiger partial charge in [0.05, 0.1) is 11.9 Å². The first-order valence-electron chi connectivity index (χ1n) is 6.72. The fourth-order valence-electron chi connectivity index (χ4n) is 2.42. The van der Waals surface area contributed by atoms with Crippen molar-refractivity contribution in [1.82, 2.24) is 19.9 Å². The minimum atomic E-state index is 0.556. The van der Waals surface area contributed by atoms with Crippen LogP contribution in [0.15, 0.2) is 24.9 Å². The van der Waals surface area contributed by atoms with Crippen molar-refractivity contribution >= 4 is 17.0 Å². The number of rotatable bonds is 4. The van der Waals surface area contributed by atoms with E-state index in [1.54, 1.807) is 0 Å². The molecule has 1 aliphatic heterocycles. The molecule has 0 bridgehead atoms. The molecule has 0 unspecified atom stereocenters. The Bertz CT molecular complexity index is 595. The first-order valence-corrected chi connectivity index (χ1v) is 6.72. The van der Waals surface area contributed by atoms with E-state index in [4.69, 9.17) is 0 Å². The average Bonchev–Trinajstić information content (AvgIpc) is 3.05. The molecule has 1 saturated heterocycles. The van der Waals surface area contributed by atoms with Crippen molar-refractivity contribution in [2.75, 3.05) is 18.4 Å². The van der Waals surface area contributed by atoms with Crippen LogP contribution in [-0.4, -0.2) is 33.7 Å². The van der Waals surface area contributed by atoms with Crippen molar-refractivity contribution in [2.45, 2.75) is 25.8 Å². The number of anilines is 1. The molecular weight excluding hydrogens is 238 g/mol. The standard InChI is InChI=1S/C14H19N5/c1-10(2)12-9-17-14-6-5-13(18-19(12)14)16-8-11-4-3-7-15-11/h5-6,9,11,15H,1,3-4,7-8H2,2H3,(H,16,18)/t11-/m0/s1. The molecule has 0 saturated carbocycles. The number of imidazole rings is 1. The Hall–Kier alpha value is -1.88. The minimum absolute atomic E-state index is 0.556. The third kappa shape index (κ3) is 2.46. The number of hydrogen-bond acceptors (Lipinski definition) is 4. The second-order valence-corrected chi connectivity index (χ2v) is 5.09. The predicted molar refractivity (Wildman–Crippen MR) is 77.2 cm³/mol. The molecule has 2 N–H and O–H groups in total. The van der Waals surface area contributed by atoms with Gasteiger partial charge in [0, 0.05) is 12.6 Å². The highest BCUT2D eigenvalue weighted by Crippen LogP contribution is 2.15. The van der Waals surface area contributed by atoms with E-state index in [2.05, 4.69) is 27.3 Å². The quantitative estimate of drug-likeness (QED) is 0.878. The van der Waals surface area contributed by atoms with Gasteiger partial charge in [0.15, 0.2) is 5.65 Å². The molecule has 0 amide bonds. The summed E-state index contributed by atoms with van der Waals surface area (Å²) in [5, 5.41) is 11.4. The van der Waals surface area contributed by atoms with E-state index >= 15 is 0 Å². The molecule has 0 radical (unpaired) electrons. The van der Waals surface area contributed by atoms with E-state index < -0.39 is 0 Å². The van der Waals surface area contributed by atoms with Gasteiger partial charge in [-0.2, -0.15) is 0 Å². The Morgan fingerprint density at radius 2 is 2.47 bits per heavy atom. The Morgan fingerprint density at radius 3 is 3.21 bits per heavy atom. The third-order valence-corrected chi connectivity index (χ3v) is 3.49. The summed E-state index contributed by atoms with van der Waals surface area (Å²) in [5.74, 6) is 0.877. The number of nitrogens with zero attached hydrogens (tertiary/aromatic N) is 3. The van der Waals surface area contributed by atoms with Crippen molar-refractivity contribution in [3.8, 4) is 0 Å². The van der Waals surface area contributed by atoms with E-state index in [0.29, 0.717) is 6.04 Å². The van der Waals surface area contributed by atoms with Gasteiger partial charge in [0.1, 0.15) is 5.82 Å². The van der Waals surface area contributed by atoms with Crippen LogP contribution < -0.4 is 10.6 Å². The molecule has 1 fully saturated rings. The summed E-state index contributed by atoms with van der Waals surface area (Å²) in [7, 11) is 0. The summed E-state index contributed by atoms with van der Waals surface area (Å²) in [6.45, 7) is 7.96. The normalized spacial score (nSPS) is 18.9. The summed E-state index contributed by atoms with van der Waals surface area (Å²) in [4.78, 5) is 4.32. The van der Waals surface area contributed by atoms with E-state index in [1.807, 2.05) is 29.8 Å². The predicted octanol–water partition coefficient (Wildman–Crippen LogP) is 1.93. The highest BCUT2D eigenvalue weighted by Gasteiger charge is 2.13. The lowest BCUT2D eigenvalue weighted by Gasteiger charge is -2.12. The van der Waals surface area contributed by atoms with Crippen LogP contribution in [0.4, 0.5) is 5.82 Å². The zero-order valence-electron chi connectivity index (χ0n) is 11.2. The Kier molecular flexibility index (Phi) is 3.21. The third-order valence-electron chi connectivity index (χ3n) is 3.49. The average molecular weight is 257 g/mol. The van der Waals surface area contributed by atoms with Gasteiger partial charge >= 0.3 is 0 Å². The Morgan fingerprint density at radius 1 is 1.58 bits per heavy atom. The summed E-state index contributed by atoms with van der Waals surface area (Å²) in [6.07, 6.45) is 4.31. The second kappa shape index (κ2) is 5.01. The minimum Gasteiger partial charge on any atom is -0.367 e. The van der Waals surface area contributed by atoms with Crippen LogP contribution in [-0.2, 0) is 0 Å². The van der Waals surface area contributed by atoms with Crippen molar-refractivity contribution in [3.05, 3.63) is 30.6 Å². The lowest BCUT2D eigenvalue weighted by Crippen LogP contribution is -2.29. The van der Waals surface area contributed by atoms with E-state index in [1.165, 1.54) is 12.8 Å². The maximum Gasteiger partial charge on any atom is 0.154 e. The fraction of sp³-hybridized carbons (Fsp3) is 0.429. The van der Waals surface area contributed by atoms with Crippen LogP contribution in [0.5, 0.6) is 0 Å². The molecule has 2 aromatic heterocycles. The molecule has 19 heavy (non-hydrogen) atoms. The van der Waals surface area contributed by atoms with Gasteiger partial charge in [0.25, 0.3) is 0 Å². The maximum absolute atomic E-state index is 4.57. The monoisotopic (exact) mass is 257 g/mol. The second-order valence-electron chi connectivity index (χ2n) is 5.09. The smallest absolute Gasteiger partial charge is 0.154 e. The molecule has 0 aromatic carbocycles. The topological polar surface area (TPSA) is 54.2 Å². The van der Waals surface area contributed by atoms with Gasteiger partial charge in [-0.05, 0) is 44.0 Å². The molecule has 2 aromatic rings. The van der Waals surface area contributed by atoms with E-state index in [-0.39, 0.29) is 0 Å². The lowest BCUT2D eigenvalue weighted by molar-refractivity contribution is 0.631. The summed E-state index contributed by atoms with van der Waals surface area (Å²) in [6, 6.07) is 4.50. The van der Waals surface area contributed by atoms with Gasteiger partial charge < -0.3 is 10.6 Å². The molecule has 3 rings (SSSR count). The SMILES string of the molecule is C=C(C)c1cnc2ccc(NC[C@@H]3CCCN3)nn12. The van der Waals surface area contributed by atoms with Crippen LogP contribution in [0.3, 0.4) is 0 Å². The molecule has 0 spiro atoms. The van der Waals surface area contributed by atoms with Crippen molar-refractivity contribution in [2.24, 2.45) is 0 Å². The van der Waals surface area contributed by atoms with Crippen molar-refractivity contribution in [1.29, 1.82) is 0 Å². The highest BCUT2D eigenvalue weighted by molar-refractivity contribution is 5.61. The van der Waals surface area contributed by atoms with Crippen molar-refractivity contribution < 1.29 is 0 Å². The molecule has 1 aliphatic rings. The van der Waals surface area contributed by atoms with Gasteiger partial charge in [-0.25, -0.2) is 9.50 Å². The summed E-state index contributed by atoms with van der Waals surface area (Å²) < 4.78 is 1.84. The van der Waals surface area contributed by atoms with Crippen LogP contribution in [0.25, 0.3) is 11.2 Å². The van der Waals surface area contributed by atoms with Crippen LogP contribution in [0, 0.1) is 0 Å². The molecule has 5 nitrogen and oxygen atoms in total. The Labute approximate surface area is 112 Å². The van der Waals surface area contributed by atoms with Crippen LogP contribution in [0.1, 0.15) is 25.5 Å². The van der Waals surface area contributed by atoms with Gasteiger partial charge in [0.2, 0.25) is 0 Å². The van der Waals surface area contributed by atoms with Crippen LogP contribution >= 0.6 is 0 Å². The number of hydrogen-bond donors (Lipinski definition) is 2. The first-order chi connectivity index (χ1) is 9.24. The van der Waals surface area contributed by atoms with Gasteiger partial charge in [-0.3, -0.25) is 0 Å². The first kappa shape index (κ1) is 12.2. The molecule has 3 heterocycles. The number of fused-ring (bicyclic) bond motifs is 1. The molecule has 1 atom stereocenters. The van der Waals surface area contributed by atoms with Gasteiger partial charge in [-0.1, -0.05) is 6.58 Å². The van der Waals surface area contributed by atoms with E-state index in [9.17, 15) is 0 Å². The van der Waals surface area contributed by atoms with E-state index in [0.717, 1.165) is 35.8 Å². The Balaban J connectivity index is 1.79. The maximum atomic E-state index is 4.57. The zero-order valence-corrected chi connectivity index (χ0v) is 11.2. The summed E-state index contributed by atoms with van der Waals surface area (Å²) >= 11 is 0. The number of nitrogens with one attached hydrogen (secondary N) is 2. The molecular formula is C14H19N5. The number of aromatic nitrogens is 3. The molecule has 5 heteroatoms. The zero-order chi connectivity index (χ0) is 13.2. The highest BCUT2D eigenvalue weighted by atomic mass is 15.3. The fourth-order valence-corrected chi connectivity index (χ4v) is 2.42. The van der Waals surface area contributed by atoms with Crippen molar-refractivity contribution in [3.63, 3.8) is 0 Å². The largest absolute Gasteiger partial charge is 0.367 e. The summed E-state index contributed by atoms with van der Waals surface area (Å²) in [5.41, 5.74) is 2.77.